The smallest absolute Gasteiger partial charge is 0 e. The summed E-state index contributed by atoms with van der Waals surface area (Å²) in [6.07, 6.45) is 14.6. The van der Waals surface area contributed by atoms with Gasteiger partial charge in [0.15, 0.2) is 0 Å². The van der Waals surface area contributed by atoms with Gasteiger partial charge < -0.3 is 57.0 Å². The number of allylic oxidation sites excluding steroid dienone is 4. The quantitative estimate of drug-likeness (QED) is 0.426. The average Bonchev–Trinajstić information content (AvgIpc) is 2.67. The van der Waals surface area contributed by atoms with Crippen molar-refractivity contribution in [2.75, 3.05) is 0 Å². The Morgan fingerprint density at radius 3 is 1.45 bits per heavy atom. The first-order valence-electron chi connectivity index (χ1n) is 3.21. The van der Waals surface area contributed by atoms with Crippen LogP contribution in [0.5, 0.6) is 0 Å². The third kappa shape index (κ3) is 51.9. The fraction of sp³-hybridized carbons (Fsp3) is 0.0625. The van der Waals surface area contributed by atoms with Gasteiger partial charge in [0.1, 0.15) is 0 Å². The van der Waals surface area contributed by atoms with E-state index in [1.165, 1.54) is 0 Å². The van der Waals surface area contributed by atoms with Crippen LogP contribution in [-0.4, -0.2) is 4.98 Å². The number of hydrogen-bond donors (Lipinski definition) is 1. The van der Waals surface area contributed by atoms with E-state index in [1.54, 1.807) is 0 Å². The molecule has 0 amide bonds. The molecular formula is C16H32Cl2NTi-9. The molecule has 0 atom stereocenters. The predicted molar refractivity (Wildman–Crippen MR) is 101 cm³/mol. The van der Waals surface area contributed by atoms with Crippen LogP contribution in [0.15, 0.2) is 36.6 Å². The number of rotatable bonds is 0. The molecule has 20 heavy (non-hydrogen) atoms. The number of nitrogens with one attached hydrogen (secondary N) is 1. The van der Waals surface area contributed by atoms with Crippen molar-refractivity contribution in [3.63, 3.8) is 0 Å². The van der Waals surface area contributed by atoms with Gasteiger partial charge in [0.2, 0.25) is 0 Å². The van der Waals surface area contributed by atoms with E-state index < -0.39 is 0 Å². The summed E-state index contributed by atoms with van der Waals surface area (Å²) in [4.78, 5) is 2.74. The summed E-state index contributed by atoms with van der Waals surface area (Å²) in [7, 11) is 0. The average molecular weight is 357 g/mol. The van der Waals surface area contributed by atoms with Crippen LogP contribution in [-0.2, 0) is 21.7 Å². The Labute approximate surface area is 158 Å². The number of hydrogen-bond acceptors (Lipinski definition) is 0. The summed E-state index contributed by atoms with van der Waals surface area (Å²) in [5, 5.41) is 0. The van der Waals surface area contributed by atoms with Crippen LogP contribution in [0.3, 0.4) is 0 Å². The van der Waals surface area contributed by atoms with Gasteiger partial charge in [-0.1, -0.05) is 0 Å². The molecule has 1 aliphatic rings. The van der Waals surface area contributed by atoms with Gasteiger partial charge in [-0.25, -0.2) is 12.2 Å². The molecule has 0 saturated heterocycles. The largest absolute Gasteiger partial charge is 0.484 e. The Morgan fingerprint density at radius 1 is 0.850 bits per heavy atom. The van der Waals surface area contributed by atoms with Crippen LogP contribution < -0.4 is 0 Å². The Kier molecular flexibility index (Phi) is 221. The maximum Gasteiger partial charge on any atom is 0 e. The third-order valence-electron chi connectivity index (χ3n) is 1.03. The van der Waals surface area contributed by atoms with Gasteiger partial charge in [-0.2, -0.15) is 24.4 Å². The first kappa shape index (κ1) is 72.0. The zero-order chi connectivity index (χ0) is 7.07. The molecule has 128 valence electrons. The predicted octanol–water partition coefficient (Wildman–Crippen LogP) is 6.11. The summed E-state index contributed by atoms with van der Waals surface area (Å²) in [6.45, 7) is 0. The normalized spacial score (nSPS) is 6.40. The van der Waals surface area contributed by atoms with Gasteiger partial charge in [0.05, 0.1) is 0 Å². The van der Waals surface area contributed by atoms with Crippen molar-refractivity contribution in [2.45, 2.75) is 6.42 Å². The number of aromatic nitrogens is 1. The van der Waals surface area contributed by atoms with E-state index in [-0.39, 0.29) is 98.5 Å². The van der Waals surface area contributed by atoms with E-state index in [4.69, 9.17) is 0 Å². The van der Waals surface area contributed by atoms with Crippen molar-refractivity contribution in [3.8, 4) is 0 Å². The first-order valence-corrected chi connectivity index (χ1v) is 3.21. The first-order chi connectivity index (χ1) is 5.00. The number of H-pyrrole nitrogens is 1. The van der Waals surface area contributed by atoms with E-state index in [2.05, 4.69) is 23.3 Å². The van der Waals surface area contributed by atoms with Crippen molar-refractivity contribution >= 4 is 24.8 Å². The molecular weight excluding hydrogens is 325 g/mol. The molecule has 0 spiro atoms. The van der Waals surface area contributed by atoms with Crippen LogP contribution in [0.4, 0.5) is 0 Å². The van der Waals surface area contributed by atoms with Crippen molar-refractivity contribution in [1.82, 2.24) is 4.98 Å². The van der Waals surface area contributed by atoms with Crippen molar-refractivity contribution in [3.05, 3.63) is 101 Å². The van der Waals surface area contributed by atoms with E-state index in [9.17, 15) is 0 Å². The fourth-order valence-electron chi connectivity index (χ4n) is 0.581. The van der Waals surface area contributed by atoms with E-state index in [0.29, 0.717) is 0 Å². The SMILES string of the molecule is Cl.Cl.[C-]1=CC=CC1.[CH3-].[CH3-].[CH3-].[CH3-].[CH3-].[CH3-].[CH3-].[Ti].[c-]1ccc[nH]1. The van der Waals surface area contributed by atoms with Gasteiger partial charge in [-0.15, -0.1) is 37.4 Å². The van der Waals surface area contributed by atoms with Crippen molar-refractivity contribution in [1.29, 1.82) is 0 Å². The minimum absolute atomic E-state index is 0. The maximum atomic E-state index is 2.99. The van der Waals surface area contributed by atoms with E-state index >= 15 is 0 Å². The third-order valence-corrected chi connectivity index (χ3v) is 1.03. The van der Waals surface area contributed by atoms with E-state index in [0.717, 1.165) is 6.42 Å². The Balaban J connectivity index is -0.00000000833. The molecule has 1 nitrogen and oxygen atoms in total. The monoisotopic (exact) mass is 356 g/mol. The van der Waals surface area contributed by atoms with Crippen LogP contribution in [0.1, 0.15) is 6.42 Å². The van der Waals surface area contributed by atoms with Gasteiger partial charge in [-0.3, -0.25) is 6.08 Å². The minimum Gasteiger partial charge on any atom is -0.484 e. The van der Waals surface area contributed by atoms with Crippen LogP contribution in [0.25, 0.3) is 0 Å². The van der Waals surface area contributed by atoms with Crippen molar-refractivity contribution < 1.29 is 21.7 Å². The van der Waals surface area contributed by atoms with Gasteiger partial charge in [0, 0.05) is 21.7 Å². The topological polar surface area (TPSA) is 15.8 Å². The molecule has 4 heteroatoms. The Morgan fingerprint density at radius 2 is 1.35 bits per heavy atom. The number of halogens is 2. The van der Waals surface area contributed by atoms with Gasteiger partial charge in [-0.05, 0) is 0 Å². The second-order valence-corrected chi connectivity index (χ2v) is 1.82. The Hall–Kier alpha value is 0.0543. The van der Waals surface area contributed by atoms with Crippen LogP contribution in [0, 0.1) is 64.3 Å². The molecule has 1 N–H and O–H groups in total. The van der Waals surface area contributed by atoms with Crippen LogP contribution in [0.2, 0.25) is 0 Å². The molecule has 0 aliphatic heterocycles. The fourth-order valence-corrected chi connectivity index (χ4v) is 0.581. The van der Waals surface area contributed by atoms with Crippen molar-refractivity contribution in [2.24, 2.45) is 0 Å². The van der Waals surface area contributed by atoms with Crippen LogP contribution >= 0.6 is 24.8 Å². The minimum atomic E-state index is 0. The standard InChI is InChI=1S/C5H5.C4H4N.7CH3.2ClH.Ti/c2*1-2-4-5-3-1;;;;;;;;;;/h1-3H,4H2;1-3,5H;7*1H3;2*1H;/q9*-1;;;. The molecule has 1 aliphatic carbocycles. The molecule has 0 bridgehead atoms. The number of aromatic amines is 1. The molecule has 0 fully saturated rings. The molecule has 0 aromatic carbocycles. The zero-order valence-electron chi connectivity index (χ0n) is 14.0. The van der Waals surface area contributed by atoms with Gasteiger partial charge in [0.25, 0.3) is 0 Å². The molecule has 2 rings (SSSR count). The van der Waals surface area contributed by atoms with E-state index in [1.807, 2.05) is 30.5 Å². The zero-order valence-corrected chi connectivity index (χ0v) is 17.2. The summed E-state index contributed by atoms with van der Waals surface area (Å²) >= 11 is 0. The second kappa shape index (κ2) is 61.4. The molecule has 1 heterocycles. The van der Waals surface area contributed by atoms with Gasteiger partial charge >= 0.3 is 0 Å². The second-order valence-electron chi connectivity index (χ2n) is 1.82. The summed E-state index contributed by atoms with van der Waals surface area (Å²) in [6, 6.07) is 3.71. The maximum absolute atomic E-state index is 2.99. The summed E-state index contributed by atoms with van der Waals surface area (Å²) < 4.78 is 0. The summed E-state index contributed by atoms with van der Waals surface area (Å²) in [5.74, 6) is 0. The molecule has 0 saturated carbocycles. The molecule has 0 radical (unpaired) electrons. The Bertz CT molecular complexity index is 183. The molecule has 1 aromatic heterocycles. The summed E-state index contributed by atoms with van der Waals surface area (Å²) in [5.41, 5.74) is 0. The molecule has 0 unspecified atom stereocenters. The molecule has 1 aromatic rings.